The van der Waals surface area contributed by atoms with Gasteiger partial charge in [0.2, 0.25) is 11.8 Å². The van der Waals surface area contributed by atoms with Crippen LogP contribution < -0.4 is 5.32 Å². The molecule has 0 saturated carbocycles. The van der Waals surface area contributed by atoms with Crippen LogP contribution in [0.15, 0.2) is 12.7 Å². The third kappa shape index (κ3) is 5.03. The number of nitrogens with zero attached hydrogens (tertiary/aromatic N) is 1. The average Bonchev–Trinajstić information content (AvgIpc) is 2.43. The van der Waals surface area contributed by atoms with Gasteiger partial charge in [0.15, 0.2) is 0 Å². The second kappa shape index (κ2) is 7.67. The van der Waals surface area contributed by atoms with Gasteiger partial charge >= 0.3 is 5.97 Å². The Morgan fingerprint density at radius 2 is 1.95 bits per heavy atom. The van der Waals surface area contributed by atoms with E-state index in [-0.39, 0.29) is 30.4 Å². The van der Waals surface area contributed by atoms with Crippen molar-refractivity contribution in [2.45, 2.75) is 32.8 Å². The minimum Gasteiger partial charge on any atom is -0.462 e. The highest BCUT2D eigenvalue weighted by Crippen LogP contribution is 2.17. The van der Waals surface area contributed by atoms with Crippen molar-refractivity contribution in [1.29, 1.82) is 0 Å². The molecule has 1 rings (SSSR count). The monoisotopic (exact) mass is 282 g/mol. The van der Waals surface area contributed by atoms with Gasteiger partial charge in [0.1, 0.15) is 6.54 Å². The molecule has 1 fully saturated rings. The van der Waals surface area contributed by atoms with Crippen LogP contribution in [0.25, 0.3) is 0 Å². The maximum atomic E-state index is 11.9. The molecule has 1 saturated heterocycles. The molecular formula is C14H22N2O4. The highest BCUT2D eigenvalue weighted by atomic mass is 16.5. The molecule has 1 aliphatic heterocycles. The summed E-state index contributed by atoms with van der Waals surface area (Å²) < 4.78 is 4.93. The number of piperidine rings is 1. The lowest BCUT2D eigenvalue weighted by molar-refractivity contribution is -0.147. The van der Waals surface area contributed by atoms with Crippen LogP contribution in [0.3, 0.4) is 0 Å². The molecule has 0 spiro atoms. The second-order valence-corrected chi connectivity index (χ2v) is 5.06. The summed E-state index contributed by atoms with van der Waals surface area (Å²) in [5.74, 6) is -0.857. The minimum atomic E-state index is -0.437. The van der Waals surface area contributed by atoms with Crippen molar-refractivity contribution in [3.63, 3.8) is 0 Å². The molecule has 0 unspecified atom stereocenters. The van der Waals surface area contributed by atoms with E-state index < -0.39 is 5.97 Å². The molecule has 0 aromatic carbocycles. The van der Waals surface area contributed by atoms with E-state index in [0.29, 0.717) is 25.9 Å². The summed E-state index contributed by atoms with van der Waals surface area (Å²) in [6.07, 6.45) is 2.30. The van der Waals surface area contributed by atoms with Crippen LogP contribution in [0.5, 0.6) is 0 Å². The van der Waals surface area contributed by atoms with Gasteiger partial charge in [0.05, 0.1) is 6.10 Å². The Bertz CT molecular complexity index is 385. The topological polar surface area (TPSA) is 75.7 Å². The zero-order chi connectivity index (χ0) is 15.1. The van der Waals surface area contributed by atoms with E-state index in [1.54, 1.807) is 18.7 Å². The van der Waals surface area contributed by atoms with E-state index in [1.165, 1.54) is 6.08 Å². The van der Waals surface area contributed by atoms with Crippen LogP contribution in [0.4, 0.5) is 0 Å². The Morgan fingerprint density at radius 1 is 1.35 bits per heavy atom. The summed E-state index contributed by atoms with van der Waals surface area (Å²) >= 11 is 0. The van der Waals surface area contributed by atoms with Crippen molar-refractivity contribution in [3.05, 3.63) is 12.7 Å². The summed E-state index contributed by atoms with van der Waals surface area (Å²) in [7, 11) is 0. The van der Waals surface area contributed by atoms with Crippen molar-refractivity contribution in [1.82, 2.24) is 10.2 Å². The lowest BCUT2D eigenvalue weighted by Crippen LogP contribution is -2.43. The summed E-state index contributed by atoms with van der Waals surface area (Å²) in [5.41, 5.74) is 0. The molecule has 20 heavy (non-hydrogen) atoms. The van der Waals surface area contributed by atoms with E-state index in [1.807, 2.05) is 0 Å². The minimum absolute atomic E-state index is 0.107. The third-order valence-electron chi connectivity index (χ3n) is 3.13. The van der Waals surface area contributed by atoms with Crippen molar-refractivity contribution < 1.29 is 19.1 Å². The number of rotatable bonds is 5. The van der Waals surface area contributed by atoms with Crippen LogP contribution >= 0.6 is 0 Å². The quantitative estimate of drug-likeness (QED) is 0.588. The van der Waals surface area contributed by atoms with Gasteiger partial charge in [-0.15, -0.1) is 0 Å². The van der Waals surface area contributed by atoms with Gasteiger partial charge < -0.3 is 15.0 Å². The first-order valence-electron chi connectivity index (χ1n) is 6.82. The van der Waals surface area contributed by atoms with Crippen LogP contribution in [-0.4, -0.2) is 48.4 Å². The normalized spacial score (nSPS) is 15.8. The molecule has 1 aliphatic rings. The van der Waals surface area contributed by atoms with Crippen LogP contribution in [-0.2, 0) is 19.1 Å². The molecule has 6 nitrogen and oxygen atoms in total. The fourth-order valence-electron chi connectivity index (χ4n) is 2.10. The predicted molar refractivity (Wildman–Crippen MR) is 73.7 cm³/mol. The Kier molecular flexibility index (Phi) is 6.21. The van der Waals surface area contributed by atoms with Gasteiger partial charge in [0, 0.05) is 19.0 Å². The zero-order valence-electron chi connectivity index (χ0n) is 12.1. The number of amides is 2. The van der Waals surface area contributed by atoms with E-state index >= 15 is 0 Å². The fourth-order valence-corrected chi connectivity index (χ4v) is 2.10. The molecule has 1 N–H and O–H groups in total. The van der Waals surface area contributed by atoms with Crippen LogP contribution in [0, 0.1) is 5.92 Å². The fraction of sp³-hybridized carbons (Fsp3) is 0.643. The lowest BCUT2D eigenvalue weighted by Gasteiger charge is -2.30. The molecule has 0 bridgehead atoms. The van der Waals surface area contributed by atoms with Crippen LogP contribution in [0.2, 0.25) is 0 Å². The first kappa shape index (κ1) is 16.2. The van der Waals surface area contributed by atoms with Gasteiger partial charge in [0.25, 0.3) is 0 Å². The number of carbonyl (C=O) groups is 3. The third-order valence-corrected chi connectivity index (χ3v) is 3.13. The number of nitrogens with one attached hydrogen (secondary N) is 1. The first-order chi connectivity index (χ1) is 9.43. The van der Waals surface area contributed by atoms with E-state index in [4.69, 9.17) is 4.74 Å². The smallest absolute Gasteiger partial charge is 0.325 e. The van der Waals surface area contributed by atoms with Crippen molar-refractivity contribution >= 4 is 17.8 Å². The maximum absolute atomic E-state index is 11.9. The van der Waals surface area contributed by atoms with E-state index in [9.17, 15) is 14.4 Å². The Balaban J connectivity index is 2.31. The SMILES string of the molecule is C=CC(=O)N1CCC(C(=O)NCC(=O)OC(C)C)CC1. The standard InChI is InChI=1S/C14H22N2O4/c1-4-12(17)16-7-5-11(6-8-16)14(19)15-9-13(18)20-10(2)3/h4,10-11H,1,5-9H2,2-3H3,(H,15,19). The van der Waals surface area contributed by atoms with Crippen molar-refractivity contribution in [2.24, 2.45) is 5.92 Å². The van der Waals surface area contributed by atoms with Gasteiger partial charge in [-0.25, -0.2) is 0 Å². The molecule has 0 atom stereocenters. The van der Waals surface area contributed by atoms with E-state index in [0.717, 1.165) is 0 Å². The van der Waals surface area contributed by atoms with E-state index in [2.05, 4.69) is 11.9 Å². The molecule has 6 heteroatoms. The molecular weight excluding hydrogens is 260 g/mol. The number of esters is 1. The molecule has 1 heterocycles. The van der Waals surface area contributed by atoms with Crippen molar-refractivity contribution in [2.75, 3.05) is 19.6 Å². The van der Waals surface area contributed by atoms with Crippen molar-refractivity contribution in [3.8, 4) is 0 Å². The number of hydrogen-bond acceptors (Lipinski definition) is 4. The van der Waals surface area contributed by atoms with Gasteiger partial charge in [-0.1, -0.05) is 6.58 Å². The number of ether oxygens (including phenoxy) is 1. The summed E-state index contributed by atoms with van der Waals surface area (Å²) in [6.45, 7) is 7.93. The Hall–Kier alpha value is -1.85. The first-order valence-corrected chi connectivity index (χ1v) is 6.82. The molecule has 0 aromatic rings. The molecule has 0 aliphatic carbocycles. The summed E-state index contributed by atoms with van der Waals surface area (Å²) in [5, 5.41) is 2.58. The molecule has 112 valence electrons. The van der Waals surface area contributed by atoms with Gasteiger partial charge in [-0.05, 0) is 32.8 Å². The van der Waals surface area contributed by atoms with Crippen LogP contribution in [0.1, 0.15) is 26.7 Å². The highest BCUT2D eigenvalue weighted by Gasteiger charge is 2.26. The Morgan fingerprint density at radius 3 is 2.45 bits per heavy atom. The number of hydrogen-bond donors (Lipinski definition) is 1. The maximum Gasteiger partial charge on any atom is 0.325 e. The number of likely N-dealkylation sites (tertiary alicyclic amines) is 1. The number of carbonyl (C=O) groups excluding carboxylic acids is 3. The largest absolute Gasteiger partial charge is 0.462 e. The molecule has 2 amide bonds. The molecule has 0 radical (unpaired) electrons. The zero-order valence-corrected chi connectivity index (χ0v) is 12.1. The second-order valence-electron chi connectivity index (χ2n) is 5.06. The summed E-state index contributed by atoms with van der Waals surface area (Å²) in [4.78, 5) is 36.3. The lowest BCUT2D eigenvalue weighted by atomic mass is 9.96. The van der Waals surface area contributed by atoms with Gasteiger partial charge in [-0.2, -0.15) is 0 Å². The average molecular weight is 282 g/mol. The highest BCUT2D eigenvalue weighted by molar-refractivity contribution is 5.87. The predicted octanol–water partition coefficient (Wildman–Crippen LogP) is 0.479. The Labute approximate surface area is 119 Å². The van der Waals surface area contributed by atoms with Gasteiger partial charge in [-0.3, -0.25) is 14.4 Å². The summed E-state index contributed by atoms with van der Waals surface area (Å²) in [6, 6.07) is 0. The molecule has 0 aromatic heterocycles.